The van der Waals surface area contributed by atoms with Crippen LogP contribution >= 0.6 is 0 Å². The molecule has 5 rings (SSSR count). The number of hydrogen-bond donors (Lipinski definition) is 3. The van der Waals surface area contributed by atoms with E-state index in [4.69, 9.17) is 30.1 Å². The molecule has 13 heteroatoms. The van der Waals surface area contributed by atoms with Gasteiger partial charge in [0.05, 0.1) is 12.2 Å². The third-order valence-electron chi connectivity index (χ3n) is 6.17. The van der Waals surface area contributed by atoms with Crippen molar-refractivity contribution in [3.05, 3.63) is 102 Å². The number of phenolic OH excluding ortho intramolecular Hbond substituents is 1. The molecule has 224 valence electrons. The zero-order valence-electron chi connectivity index (χ0n) is 23.4. The van der Waals surface area contributed by atoms with Crippen LogP contribution in [0.4, 0.5) is 8.78 Å². The fourth-order valence-electron chi connectivity index (χ4n) is 4.02. The molecule has 0 aliphatic heterocycles. The first-order chi connectivity index (χ1) is 21.1. The molecule has 0 bridgehead atoms. The van der Waals surface area contributed by atoms with Gasteiger partial charge in [-0.1, -0.05) is 12.1 Å². The molecule has 11 nitrogen and oxygen atoms in total. The van der Waals surface area contributed by atoms with Crippen LogP contribution in [0.1, 0.15) is 22.8 Å². The molecule has 0 amide bonds. The van der Waals surface area contributed by atoms with E-state index in [1.54, 1.807) is 49.1 Å². The van der Waals surface area contributed by atoms with Crippen molar-refractivity contribution < 1.29 is 37.6 Å². The lowest BCUT2D eigenvalue weighted by molar-refractivity contribution is 0.0526. The minimum atomic E-state index is -1.36. The van der Waals surface area contributed by atoms with Gasteiger partial charge < -0.3 is 34.4 Å². The van der Waals surface area contributed by atoms with Gasteiger partial charge >= 0.3 is 5.97 Å². The van der Waals surface area contributed by atoms with Crippen molar-refractivity contribution in [2.24, 2.45) is 12.8 Å². The van der Waals surface area contributed by atoms with E-state index in [-0.39, 0.29) is 40.8 Å². The van der Waals surface area contributed by atoms with Gasteiger partial charge in [0.25, 0.3) is 11.8 Å². The summed E-state index contributed by atoms with van der Waals surface area (Å²) in [6, 6.07) is 15.7. The highest BCUT2D eigenvalue weighted by molar-refractivity contribution is 5.95. The van der Waals surface area contributed by atoms with Crippen molar-refractivity contribution in [2.45, 2.75) is 6.92 Å². The number of rotatable bonds is 10. The standard InChI is InChI=1S/C31H25F2N5O6/c1-3-41-31(40)17-7-10-20(11-8-17)42-26-24(32)29(43-21-6-4-5-19(15-21)28-36-13-14-38(28)2)37-30(25(26)33)44-23-16-18(27(34)35)9-12-22(23)39/h4-16,39H,3H2,1-2H3,(H3,34,35). The predicted octanol–water partition coefficient (Wildman–Crippen LogP) is 6.30. The fourth-order valence-corrected chi connectivity index (χ4v) is 4.02. The Hall–Kier alpha value is -5.98. The third-order valence-corrected chi connectivity index (χ3v) is 6.17. The lowest BCUT2D eigenvalue weighted by Crippen LogP contribution is -2.11. The first-order valence-electron chi connectivity index (χ1n) is 13.1. The quantitative estimate of drug-likeness (QED) is 0.0950. The van der Waals surface area contributed by atoms with E-state index in [0.717, 1.165) is 0 Å². The fraction of sp³-hybridized carbons (Fsp3) is 0.0968. The Kier molecular flexibility index (Phi) is 8.37. The molecule has 0 spiro atoms. The number of nitrogens with zero attached hydrogens (tertiary/aromatic N) is 3. The minimum Gasteiger partial charge on any atom is -0.504 e. The van der Waals surface area contributed by atoms with E-state index in [2.05, 4.69) is 9.97 Å². The molecule has 2 aromatic heterocycles. The summed E-state index contributed by atoms with van der Waals surface area (Å²) in [6.07, 6.45) is 3.38. The Morgan fingerprint density at radius 2 is 1.66 bits per heavy atom. The van der Waals surface area contributed by atoms with Crippen LogP contribution in [0.5, 0.6) is 40.5 Å². The van der Waals surface area contributed by atoms with Gasteiger partial charge in [0.2, 0.25) is 17.4 Å². The van der Waals surface area contributed by atoms with Gasteiger partial charge in [-0.05, 0) is 61.5 Å². The van der Waals surface area contributed by atoms with Crippen LogP contribution < -0.4 is 19.9 Å². The molecule has 0 aliphatic rings. The molecule has 2 heterocycles. The number of carbonyl (C=O) groups is 1. The number of aromatic nitrogens is 3. The number of amidine groups is 1. The van der Waals surface area contributed by atoms with E-state index in [0.29, 0.717) is 11.4 Å². The smallest absolute Gasteiger partial charge is 0.338 e. The Labute approximate surface area is 249 Å². The van der Waals surface area contributed by atoms with Crippen molar-refractivity contribution >= 4 is 11.8 Å². The maximum atomic E-state index is 15.8. The Bertz CT molecular complexity index is 1860. The van der Waals surface area contributed by atoms with E-state index in [1.165, 1.54) is 48.5 Å². The number of nitrogens with two attached hydrogens (primary N) is 1. The van der Waals surface area contributed by atoms with Crippen LogP contribution in [0.25, 0.3) is 11.4 Å². The first kappa shape index (κ1) is 29.5. The maximum Gasteiger partial charge on any atom is 0.338 e. The lowest BCUT2D eigenvalue weighted by atomic mass is 10.2. The lowest BCUT2D eigenvalue weighted by Gasteiger charge is -2.15. The number of aryl methyl sites for hydroxylation is 1. The van der Waals surface area contributed by atoms with E-state index in [9.17, 15) is 9.90 Å². The number of halogens is 2. The van der Waals surface area contributed by atoms with Crippen LogP contribution in [0.2, 0.25) is 0 Å². The molecule has 0 saturated heterocycles. The molecule has 3 aromatic carbocycles. The van der Waals surface area contributed by atoms with E-state index < -0.39 is 40.9 Å². The summed E-state index contributed by atoms with van der Waals surface area (Å²) in [6.45, 7) is 1.83. The Morgan fingerprint density at radius 3 is 2.32 bits per heavy atom. The molecule has 44 heavy (non-hydrogen) atoms. The molecule has 0 radical (unpaired) electrons. The molecule has 0 fully saturated rings. The number of nitrogens with one attached hydrogen (secondary N) is 1. The number of hydrogen-bond acceptors (Lipinski definition) is 9. The van der Waals surface area contributed by atoms with E-state index in [1.807, 2.05) is 0 Å². The Morgan fingerprint density at radius 1 is 0.955 bits per heavy atom. The average Bonchev–Trinajstić information content (AvgIpc) is 3.45. The maximum absolute atomic E-state index is 15.8. The molecular weight excluding hydrogens is 576 g/mol. The van der Waals surface area contributed by atoms with Gasteiger partial charge in [-0.2, -0.15) is 13.8 Å². The number of phenols is 1. The van der Waals surface area contributed by atoms with Crippen LogP contribution in [-0.4, -0.2) is 38.1 Å². The van der Waals surface area contributed by atoms with Crippen LogP contribution in [-0.2, 0) is 11.8 Å². The van der Waals surface area contributed by atoms with Crippen LogP contribution in [0, 0.1) is 17.0 Å². The third kappa shape index (κ3) is 6.26. The summed E-state index contributed by atoms with van der Waals surface area (Å²) in [7, 11) is 1.81. The SMILES string of the molecule is CCOC(=O)c1ccc(Oc2c(F)c(Oc3cccc(-c4nccn4C)c3)nc(Oc3cc(C(=N)N)ccc3O)c2F)cc1. The Balaban J connectivity index is 1.56. The van der Waals surface area contributed by atoms with Crippen molar-refractivity contribution in [3.8, 4) is 51.9 Å². The van der Waals surface area contributed by atoms with E-state index >= 15 is 8.78 Å². The normalized spacial score (nSPS) is 10.7. The number of esters is 1. The summed E-state index contributed by atoms with van der Waals surface area (Å²) in [5, 5.41) is 18.0. The highest BCUT2D eigenvalue weighted by Gasteiger charge is 2.27. The number of nitrogen functional groups attached to an aromatic ring is 1. The van der Waals surface area contributed by atoms with Crippen molar-refractivity contribution in [1.29, 1.82) is 5.41 Å². The number of aromatic hydroxyl groups is 1. The number of imidazole rings is 1. The average molecular weight is 602 g/mol. The second-order valence-electron chi connectivity index (χ2n) is 9.22. The number of ether oxygens (including phenoxy) is 4. The first-order valence-corrected chi connectivity index (χ1v) is 13.1. The zero-order chi connectivity index (χ0) is 31.4. The van der Waals surface area contributed by atoms with Crippen molar-refractivity contribution in [3.63, 3.8) is 0 Å². The predicted molar refractivity (Wildman–Crippen MR) is 155 cm³/mol. The summed E-state index contributed by atoms with van der Waals surface area (Å²) in [4.78, 5) is 20.2. The molecular formula is C31H25F2N5O6. The zero-order valence-corrected chi connectivity index (χ0v) is 23.4. The summed E-state index contributed by atoms with van der Waals surface area (Å²) >= 11 is 0. The number of pyridine rings is 1. The molecule has 0 unspecified atom stereocenters. The summed E-state index contributed by atoms with van der Waals surface area (Å²) < 4.78 is 55.2. The second-order valence-corrected chi connectivity index (χ2v) is 9.22. The molecule has 0 saturated carbocycles. The van der Waals surface area contributed by atoms with Crippen LogP contribution in [0.3, 0.4) is 0 Å². The van der Waals surface area contributed by atoms with Gasteiger partial charge in [-0.15, -0.1) is 0 Å². The summed E-state index contributed by atoms with van der Waals surface area (Å²) in [5.74, 6) is -6.05. The van der Waals surface area contributed by atoms with Gasteiger partial charge in [0, 0.05) is 30.6 Å². The molecule has 0 atom stereocenters. The monoisotopic (exact) mass is 601 g/mol. The summed E-state index contributed by atoms with van der Waals surface area (Å²) in [5.41, 5.74) is 6.55. The van der Waals surface area contributed by atoms with Gasteiger partial charge in [0.1, 0.15) is 23.2 Å². The van der Waals surface area contributed by atoms with Gasteiger partial charge in [0.15, 0.2) is 11.5 Å². The highest BCUT2D eigenvalue weighted by atomic mass is 19.1. The molecule has 5 aromatic rings. The molecule has 4 N–H and O–H groups in total. The molecule has 0 aliphatic carbocycles. The van der Waals surface area contributed by atoms with Gasteiger partial charge in [-0.25, -0.2) is 9.78 Å². The van der Waals surface area contributed by atoms with Crippen molar-refractivity contribution in [2.75, 3.05) is 6.61 Å². The highest BCUT2D eigenvalue weighted by Crippen LogP contribution is 2.41. The minimum absolute atomic E-state index is 0.0304. The number of carbonyl (C=O) groups excluding carboxylic acids is 1. The van der Waals surface area contributed by atoms with Gasteiger partial charge in [-0.3, -0.25) is 5.41 Å². The second kappa shape index (κ2) is 12.5. The largest absolute Gasteiger partial charge is 0.504 e. The number of benzene rings is 3. The van der Waals surface area contributed by atoms with Crippen LogP contribution in [0.15, 0.2) is 79.1 Å². The topological polar surface area (TPSA) is 155 Å². The van der Waals surface area contributed by atoms with Crippen molar-refractivity contribution in [1.82, 2.24) is 14.5 Å².